The third-order valence-corrected chi connectivity index (χ3v) is 4.34. The van der Waals surface area contributed by atoms with Crippen LogP contribution in [0.15, 0.2) is 28.9 Å². The summed E-state index contributed by atoms with van der Waals surface area (Å²) in [5.74, 6) is 0.489. The Morgan fingerprint density at radius 1 is 1.57 bits per heavy atom. The van der Waals surface area contributed by atoms with Crippen molar-refractivity contribution in [2.45, 2.75) is 45.6 Å². The predicted molar refractivity (Wildman–Crippen MR) is 91.4 cm³/mol. The summed E-state index contributed by atoms with van der Waals surface area (Å²) in [6, 6.07) is 0. The summed E-state index contributed by atoms with van der Waals surface area (Å²) in [6.45, 7) is 9.84. The van der Waals surface area contributed by atoms with Gasteiger partial charge in [0.15, 0.2) is 5.11 Å². The fourth-order valence-corrected chi connectivity index (χ4v) is 2.72. The molecule has 0 aromatic heterocycles. The number of hydrazone groups is 1. The number of nitrogens with one attached hydrogen (secondary N) is 2. The molecule has 1 fully saturated rings. The fourth-order valence-electron chi connectivity index (χ4n) is 2.59. The van der Waals surface area contributed by atoms with Crippen molar-refractivity contribution in [3.8, 4) is 0 Å². The van der Waals surface area contributed by atoms with Gasteiger partial charge in [0.2, 0.25) is 0 Å². The van der Waals surface area contributed by atoms with Gasteiger partial charge >= 0.3 is 0 Å². The second-order valence-electron chi connectivity index (χ2n) is 5.89. The molecule has 0 saturated carbocycles. The van der Waals surface area contributed by atoms with Crippen molar-refractivity contribution in [1.29, 1.82) is 0 Å². The summed E-state index contributed by atoms with van der Waals surface area (Å²) >= 11 is 5.25. The molecule has 2 aliphatic rings. The lowest BCUT2D eigenvalue weighted by Crippen LogP contribution is -2.37. The number of nitrogens with zero attached hydrogens (tertiary/aromatic N) is 1. The van der Waals surface area contributed by atoms with E-state index in [1.807, 2.05) is 0 Å². The van der Waals surface area contributed by atoms with Gasteiger partial charge in [0.1, 0.15) is 0 Å². The van der Waals surface area contributed by atoms with Gasteiger partial charge in [0.25, 0.3) is 0 Å². The van der Waals surface area contributed by atoms with Crippen molar-refractivity contribution in [2.24, 2.45) is 11.0 Å². The largest absolute Gasteiger partial charge is 0.376 e. The Hall–Kier alpha value is -1.20. The molecule has 0 spiro atoms. The molecule has 0 unspecified atom stereocenters. The minimum Gasteiger partial charge on any atom is -0.376 e. The van der Waals surface area contributed by atoms with E-state index >= 15 is 0 Å². The van der Waals surface area contributed by atoms with Crippen LogP contribution in [0.2, 0.25) is 0 Å². The zero-order valence-corrected chi connectivity index (χ0v) is 13.8. The van der Waals surface area contributed by atoms with Crippen LogP contribution in [0.3, 0.4) is 0 Å². The van der Waals surface area contributed by atoms with E-state index in [1.54, 1.807) is 0 Å². The molecule has 116 valence electrons. The highest BCUT2D eigenvalue weighted by atomic mass is 32.1. The van der Waals surface area contributed by atoms with Crippen LogP contribution in [-0.4, -0.2) is 30.1 Å². The third-order valence-electron chi connectivity index (χ3n) is 4.11. The van der Waals surface area contributed by atoms with Crippen LogP contribution < -0.4 is 10.7 Å². The zero-order valence-electron chi connectivity index (χ0n) is 12.9. The molecule has 4 nitrogen and oxygen atoms in total. The van der Waals surface area contributed by atoms with E-state index in [0.717, 1.165) is 44.5 Å². The van der Waals surface area contributed by atoms with Crippen molar-refractivity contribution in [1.82, 2.24) is 10.7 Å². The molecule has 5 heteroatoms. The van der Waals surface area contributed by atoms with E-state index in [4.69, 9.17) is 17.0 Å². The lowest BCUT2D eigenvalue weighted by atomic mass is 9.85. The first kappa shape index (κ1) is 16.2. The van der Waals surface area contributed by atoms with Gasteiger partial charge in [-0.3, -0.25) is 5.43 Å². The third kappa shape index (κ3) is 4.93. The zero-order chi connectivity index (χ0) is 15.2. The minimum atomic E-state index is 0.279. The van der Waals surface area contributed by atoms with Gasteiger partial charge in [-0.05, 0) is 63.2 Å². The monoisotopic (exact) mass is 307 g/mol. The molecule has 2 rings (SSSR count). The highest BCUT2D eigenvalue weighted by Crippen LogP contribution is 2.26. The fraction of sp³-hybridized carbons (Fsp3) is 0.625. The summed E-state index contributed by atoms with van der Waals surface area (Å²) in [4.78, 5) is 0. The van der Waals surface area contributed by atoms with E-state index in [2.05, 4.69) is 42.3 Å². The van der Waals surface area contributed by atoms with Gasteiger partial charge in [-0.2, -0.15) is 5.10 Å². The van der Waals surface area contributed by atoms with Crippen LogP contribution in [0, 0.1) is 5.92 Å². The van der Waals surface area contributed by atoms with Gasteiger partial charge in [0, 0.05) is 13.2 Å². The van der Waals surface area contributed by atoms with Crippen LogP contribution >= 0.6 is 12.2 Å². The first-order chi connectivity index (χ1) is 10.1. The number of hydrogen-bond donors (Lipinski definition) is 2. The number of thiocarbonyl (C=S) groups is 1. The van der Waals surface area contributed by atoms with E-state index < -0.39 is 0 Å². The summed E-state index contributed by atoms with van der Waals surface area (Å²) in [5.41, 5.74) is 6.45. The van der Waals surface area contributed by atoms with Crippen LogP contribution in [0.25, 0.3) is 0 Å². The van der Waals surface area contributed by atoms with Crippen molar-refractivity contribution in [3.05, 3.63) is 23.8 Å². The molecule has 0 aromatic rings. The van der Waals surface area contributed by atoms with Crippen LogP contribution in [0.1, 0.15) is 39.5 Å². The van der Waals surface area contributed by atoms with Crippen molar-refractivity contribution < 1.29 is 4.74 Å². The summed E-state index contributed by atoms with van der Waals surface area (Å²) in [5, 5.41) is 8.18. The molecule has 1 saturated heterocycles. The van der Waals surface area contributed by atoms with E-state index in [9.17, 15) is 0 Å². The van der Waals surface area contributed by atoms with Crippen molar-refractivity contribution in [2.75, 3.05) is 13.2 Å². The lowest BCUT2D eigenvalue weighted by molar-refractivity contribution is 0.114. The first-order valence-corrected chi connectivity index (χ1v) is 8.01. The van der Waals surface area contributed by atoms with Gasteiger partial charge in [0.05, 0.1) is 11.8 Å². The molecule has 0 bridgehead atoms. The molecule has 2 atom stereocenters. The standard InChI is InChI=1S/C16H25N3OS/c1-11(2)13-7-6-12(3)15(9-13)18-19-16(21)17-10-14-5-4-8-20-14/h6,13-14H,1,4-5,7-10H2,2-3H3,(H2,17,19,21)/b18-15-/t13-,14+/m0/s1. The van der Waals surface area contributed by atoms with Crippen molar-refractivity contribution >= 4 is 23.0 Å². The highest BCUT2D eigenvalue weighted by molar-refractivity contribution is 7.80. The maximum Gasteiger partial charge on any atom is 0.187 e. The number of rotatable bonds is 4. The Labute approximate surface area is 132 Å². The second kappa shape index (κ2) is 7.71. The highest BCUT2D eigenvalue weighted by Gasteiger charge is 2.19. The lowest BCUT2D eigenvalue weighted by Gasteiger charge is -2.22. The first-order valence-electron chi connectivity index (χ1n) is 7.60. The summed E-state index contributed by atoms with van der Waals surface area (Å²) in [6.07, 6.45) is 6.74. The Bertz CT molecular complexity index is 464. The maximum atomic E-state index is 5.55. The molecule has 0 aromatic carbocycles. The maximum absolute atomic E-state index is 5.55. The Balaban J connectivity index is 1.81. The molecular weight excluding hydrogens is 282 g/mol. The van der Waals surface area contributed by atoms with Gasteiger partial charge < -0.3 is 10.1 Å². The molecular formula is C16H25N3OS. The van der Waals surface area contributed by atoms with Crippen LogP contribution in [0.4, 0.5) is 0 Å². The van der Waals surface area contributed by atoms with Crippen LogP contribution in [0.5, 0.6) is 0 Å². The Morgan fingerprint density at radius 3 is 3.05 bits per heavy atom. The van der Waals surface area contributed by atoms with Gasteiger partial charge in [-0.1, -0.05) is 18.2 Å². The SMILES string of the molecule is C=C(C)[C@H]1CC=C(C)/C(=N\NC(=S)NC[C@H]2CCCO2)C1. The molecule has 0 amide bonds. The van der Waals surface area contributed by atoms with E-state index in [1.165, 1.54) is 11.1 Å². The Morgan fingerprint density at radius 2 is 2.38 bits per heavy atom. The second-order valence-corrected chi connectivity index (χ2v) is 6.29. The molecule has 21 heavy (non-hydrogen) atoms. The normalized spacial score (nSPS) is 27.3. The number of hydrogen-bond acceptors (Lipinski definition) is 3. The molecule has 1 aliphatic heterocycles. The quantitative estimate of drug-likeness (QED) is 0.476. The van der Waals surface area contributed by atoms with E-state index in [-0.39, 0.29) is 6.10 Å². The molecule has 2 N–H and O–H groups in total. The van der Waals surface area contributed by atoms with Crippen LogP contribution in [-0.2, 0) is 4.74 Å². The number of ether oxygens (including phenoxy) is 1. The molecule has 1 aliphatic carbocycles. The summed E-state index contributed by atoms with van der Waals surface area (Å²) < 4.78 is 5.55. The van der Waals surface area contributed by atoms with E-state index in [0.29, 0.717) is 11.0 Å². The molecule has 0 radical (unpaired) electrons. The number of allylic oxidation sites excluding steroid dienone is 3. The Kier molecular flexibility index (Phi) is 5.94. The average Bonchev–Trinajstić information content (AvgIpc) is 2.97. The van der Waals surface area contributed by atoms with Crippen molar-refractivity contribution in [3.63, 3.8) is 0 Å². The molecule has 1 heterocycles. The topological polar surface area (TPSA) is 45.7 Å². The van der Waals surface area contributed by atoms with Gasteiger partial charge in [-0.25, -0.2) is 0 Å². The average molecular weight is 307 g/mol. The smallest absolute Gasteiger partial charge is 0.187 e. The van der Waals surface area contributed by atoms with Gasteiger partial charge in [-0.15, -0.1) is 0 Å². The minimum absolute atomic E-state index is 0.279. The predicted octanol–water partition coefficient (Wildman–Crippen LogP) is 2.92. The summed E-state index contributed by atoms with van der Waals surface area (Å²) in [7, 11) is 0.